The Labute approximate surface area is 134 Å². The minimum atomic E-state index is -0.687. The van der Waals surface area contributed by atoms with Crippen molar-refractivity contribution in [1.29, 1.82) is 5.26 Å². The third kappa shape index (κ3) is 3.43. The van der Waals surface area contributed by atoms with Gasteiger partial charge in [-0.1, -0.05) is 37.2 Å². The minimum absolute atomic E-state index is 0.00856. The first-order valence-corrected chi connectivity index (χ1v) is 8.01. The minimum Gasteiger partial charge on any atom is -0.459 e. The highest BCUT2D eigenvalue weighted by molar-refractivity contribution is 8.03. The number of thioether (sulfide) groups is 1. The van der Waals surface area contributed by atoms with Crippen molar-refractivity contribution in [2.75, 3.05) is 24.7 Å². The number of rotatable bonds is 6. The molecule has 1 aliphatic heterocycles. The van der Waals surface area contributed by atoms with Gasteiger partial charge in [0, 0.05) is 11.4 Å². The van der Waals surface area contributed by atoms with Crippen LogP contribution in [0.15, 0.2) is 39.8 Å². The second-order valence-electron chi connectivity index (χ2n) is 4.73. The van der Waals surface area contributed by atoms with Crippen LogP contribution in [-0.2, 0) is 9.53 Å². The number of aliphatic hydroxyl groups is 1. The highest BCUT2D eigenvalue weighted by Crippen LogP contribution is 2.47. The van der Waals surface area contributed by atoms with Gasteiger partial charge in [-0.05, 0) is 18.6 Å². The summed E-state index contributed by atoms with van der Waals surface area (Å²) in [5.41, 5.74) is 1.00. The number of esters is 1. The molecular weight excluding hydrogens is 300 g/mol. The fourth-order valence-corrected chi connectivity index (χ4v) is 3.32. The normalized spacial score (nSPS) is 15.2. The molecule has 116 valence electrons. The Morgan fingerprint density at radius 2 is 2.23 bits per heavy atom. The van der Waals surface area contributed by atoms with Gasteiger partial charge in [-0.3, -0.25) is 0 Å². The van der Waals surface area contributed by atoms with Gasteiger partial charge in [-0.2, -0.15) is 5.26 Å². The summed E-state index contributed by atoms with van der Waals surface area (Å²) >= 11 is 1.41. The van der Waals surface area contributed by atoms with Crippen LogP contribution in [0, 0.1) is 11.3 Å². The number of hydrogen-bond acceptors (Lipinski definition) is 6. The Bertz CT molecular complexity index is 622. The van der Waals surface area contributed by atoms with Crippen molar-refractivity contribution in [3.05, 3.63) is 34.9 Å². The monoisotopic (exact) mass is 318 g/mol. The zero-order chi connectivity index (χ0) is 15.9. The van der Waals surface area contributed by atoms with Crippen LogP contribution in [0.1, 0.15) is 19.8 Å². The van der Waals surface area contributed by atoms with E-state index in [0.717, 1.165) is 30.0 Å². The van der Waals surface area contributed by atoms with Crippen molar-refractivity contribution in [3.8, 4) is 6.07 Å². The molecule has 0 saturated heterocycles. The predicted molar refractivity (Wildman–Crippen MR) is 85.2 cm³/mol. The molecule has 6 heteroatoms. The molecule has 1 heterocycles. The number of aliphatic hydroxyl groups excluding tert-OH is 1. The summed E-state index contributed by atoms with van der Waals surface area (Å²) in [5.74, 6) is -0.687. The van der Waals surface area contributed by atoms with Crippen LogP contribution >= 0.6 is 11.8 Å². The molecule has 0 fully saturated rings. The predicted octanol–water partition coefficient (Wildman–Crippen LogP) is 2.67. The first-order chi connectivity index (χ1) is 10.7. The summed E-state index contributed by atoms with van der Waals surface area (Å²) in [7, 11) is 0. The van der Waals surface area contributed by atoms with Crippen LogP contribution in [-0.4, -0.2) is 30.8 Å². The molecule has 0 aromatic heterocycles. The van der Waals surface area contributed by atoms with Crippen molar-refractivity contribution in [2.24, 2.45) is 0 Å². The Balaban J connectivity index is 2.37. The van der Waals surface area contributed by atoms with E-state index in [1.54, 1.807) is 0 Å². The lowest BCUT2D eigenvalue weighted by molar-refractivity contribution is -0.139. The van der Waals surface area contributed by atoms with Crippen molar-refractivity contribution in [3.63, 3.8) is 0 Å². The molecular formula is C16H18N2O3S. The van der Waals surface area contributed by atoms with Gasteiger partial charge in [-0.15, -0.1) is 0 Å². The number of carbonyl (C=O) groups is 1. The topological polar surface area (TPSA) is 73.6 Å². The number of para-hydroxylation sites is 1. The van der Waals surface area contributed by atoms with E-state index < -0.39 is 5.97 Å². The number of benzene rings is 1. The maximum atomic E-state index is 12.0. The summed E-state index contributed by atoms with van der Waals surface area (Å²) in [6.07, 6.45) is 1.98. The van der Waals surface area contributed by atoms with Crippen molar-refractivity contribution in [1.82, 2.24) is 0 Å². The van der Waals surface area contributed by atoms with E-state index >= 15 is 0 Å². The lowest BCUT2D eigenvalue weighted by Crippen LogP contribution is -2.23. The first kappa shape index (κ1) is 16.4. The average Bonchev–Trinajstić information content (AvgIpc) is 2.90. The molecule has 1 aliphatic rings. The van der Waals surface area contributed by atoms with E-state index in [1.165, 1.54) is 11.8 Å². The molecule has 0 atom stereocenters. The van der Waals surface area contributed by atoms with Crippen LogP contribution in [0.3, 0.4) is 0 Å². The summed E-state index contributed by atoms with van der Waals surface area (Å²) in [6.45, 7) is 2.48. The quantitative estimate of drug-likeness (QED) is 0.494. The van der Waals surface area contributed by atoms with E-state index in [-0.39, 0.29) is 18.8 Å². The van der Waals surface area contributed by atoms with Crippen molar-refractivity contribution < 1.29 is 14.6 Å². The number of hydrogen-bond donors (Lipinski definition) is 1. The third-order valence-corrected chi connectivity index (χ3v) is 4.38. The summed E-state index contributed by atoms with van der Waals surface area (Å²) in [4.78, 5) is 15.1. The summed E-state index contributed by atoms with van der Waals surface area (Å²) in [5, 5.41) is 18.7. The molecule has 0 bridgehead atoms. The fraction of sp³-hybridized carbons (Fsp3) is 0.375. The number of nitriles is 1. The zero-order valence-electron chi connectivity index (χ0n) is 12.4. The maximum Gasteiger partial charge on any atom is 0.351 e. The van der Waals surface area contributed by atoms with Crippen LogP contribution in [0.2, 0.25) is 0 Å². The van der Waals surface area contributed by atoms with Gasteiger partial charge in [-0.25, -0.2) is 4.79 Å². The van der Waals surface area contributed by atoms with Gasteiger partial charge in [0.05, 0.1) is 12.3 Å². The summed E-state index contributed by atoms with van der Waals surface area (Å²) < 4.78 is 4.90. The van der Waals surface area contributed by atoms with E-state index in [0.29, 0.717) is 5.03 Å². The molecule has 1 aromatic carbocycles. The van der Waals surface area contributed by atoms with E-state index in [2.05, 4.69) is 6.92 Å². The second kappa shape index (κ2) is 7.87. The number of unbranched alkanes of at least 4 members (excludes halogenated alkanes) is 1. The van der Waals surface area contributed by atoms with Crippen LogP contribution in [0.25, 0.3) is 0 Å². The number of anilines is 1. The number of ether oxygens (including phenoxy) is 1. The van der Waals surface area contributed by atoms with Gasteiger partial charge in [0.1, 0.15) is 17.7 Å². The molecule has 0 amide bonds. The Hall–Kier alpha value is -1.97. The molecule has 2 rings (SSSR count). The third-order valence-electron chi connectivity index (χ3n) is 3.20. The Kier molecular flexibility index (Phi) is 5.87. The van der Waals surface area contributed by atoms with Crippen molar-refractivity contribution in [2.45, 2.75) is 24.7 Å². The number of nitrogens with zero attached hydrogens (tertiary/aromatic N) is 2. The molecule has 0 saturated carbocycles. The summed E-state index contributed by atoms with van der Waals surface area (Å²) in [6, 6.07) is 9.79. The highest BCUT2D eigenvalue weighted by atomic mass is 32.2. The molecule has 5 nitrogen and oxygen atoms in total. The fourth-order valence-electron chi connectivity index (χ4n) is 2.15. The molecule has 0 radical (unpaired) electrons. The van der Waals surface area contributed by atoms with E-state index in [9.17, 15) is 10.1 Å². The molecule has 1 aromatic rings. The Morgan fingerprint density at radius 1 is 1.45 bits per heavy atom. The average molecular weight is 318 g/mol. The van der Waals surface area contributed by atoms with Gasteiger partial charge >= 0.3 is 5.97 Å². The zero-order valence-corrected chi connectivity index (χ0v) is 13.2. The van der Waals surface area contributed by atoms with Crippen LogP contribution in [0.5, 0.6) is 0 Å². The van der Waals surface area contributed by atoms with E-state index in [4.69, 9.17) is 9.84 Å². The van der Waals surface area contributed by atoms with Crippen LogP contribution in [0.4, 0.5) is 5.69 Å². The molecule has 0 spiro atoms. The SMILES string of the molecule is CCCCN1/C(=C(\C#N)C(=O)OCCO)Sc2ccccc21. The first-order valence-electron chi connectivity index (χ1n) is 7.19. The lowest BCUT2D eigenvalue weighted by Gasteiger charge is -2.20. The Morgan fingerprint density at radius 3 is 2.91 bits per heavy atom. The van der Waals surface area contributed by atoms with Gasteiger partial charge in [0.2, 0.25) is 0 Å². The van der Waals surface area contributed by atoms with Gasteiger partial charge < -0.3 is 14.7 Å². The molecule has 22 heavy (non-hydrogen) atoms. The molecule has 0 aliphatic carbocycles. The maximum absolute atomic E-state index is 12.0. The number of carbonyl (C=O) groups excluding carboxylic acids is 1. The lowest BCUT2D eigenvalue weighted by atomic mass is 10.2. The van der Waals surface area contributed by atoms with Gasteiger partial charge in [0.15, 0.2) is 5.57 Å². The highest BCUT2D eigenvalue weighted by Gasteiger charge is 2.30. The van der Waals surface area contributed by atoms with E-state index in [1.807, 2.05) is 35.2 Å². The van der Waals surface area contributed by atoms with Gasteiger partial charge in [0.25, 0.3) is 0 Å². The second-order valence-corrected chi connectivity index (χ2v) is 5.76. The largest absolute Gasteiger partial charge is 0.459 e. The van der Waals surface area contributed by atoms with Crippen LogP contribution < -0.4 is 4.90 Å². The standard InChI is InChI=1S/C16H18N2O3S/c1-2-3-8-18-13-6-4-5-7-14(13)22-15(18)12(11-17)16(20)21-10-9-19/h4-7,19H,2-3,8-10H2,1H3/b15-12-. The molecule has 0 unspecified atom stereocenters. The van der Waals surface area contributed by atoms with Crippen molar-refractivity contribution >= 4 is 23.4 Å². The number of fused-ring (bicyclic) bond motifs is 1. The smallest absolute Gasteiger partial charge is 0.351 e. The molecule has 1 N–H and O–H groups in total.